The number of nitro groups is 1. The zero-order valence-electron chi connectivity index (χ0n) is 14.5. The molecule has 1 aliphatic heterocycles. The smallest absolute Gasteiger partial charge is 0.310 e. The van der Waals surface area contributed by atoms with Crippen molar-refractivity contribution in [3.05, 3.63) is 57.5 Å². The molecule has 1 aromatic carbocycles. The number of nitrogens with one attached hydrogen (secondary N) is 1. The Morgan fingerprint density at radius 2 is 2.26 bits per heavy atom. The first-order valence-electron chi connectivity index (χ1n) is 8.74. The number of rotatable bonds is 5. The Balaban J connectivity index is 1.61. The third kappa shape index (κ3) is 3.58. The number of fused-ring (bicyclic) bond motifs is 1. The summed E-state index contributed by atoms with van der Waals surface area (Å²) in [5.74, 6) is 0. The van der Waals surface area contributed by atoms with Crippen LogP contribution in [-0.2, 0) is 11.3 Å². The summed E-state index contributed by atoms with van der Waals surface area (Å²) in [5.41, 5.74) is 2.19. The van der Waals surface area contributed by atoms with E-state index in [-0.39, 0.29) is 17.1 Å². The van der Waals surface area contributed by atoms with E-state index in [1.807, 2.05) is 29.1 Å². The zero-order valence-corrected chi connectivity index (χ0v) is 15.2. The third-order valence-electron chi connectivity index (χ3n) is 4.68. The number of nitrogens with zero attached hydrogens (tertiary/aromatic N) is 4. The van der Waals surface area contributed by atoms with E-state index in [4.69, 9.17) is 16.3 Å². The number of aromatic nitrogens is 3. The van der Waals surface area contributed by atoms with Crippen LogP contribution in [0.2, 0.25) is 5.15 Å². The van der Waals surface area contributed by atoms with Gasteiger partial charge in [0.1, 0.15) is 17.0 Å². The molecule has 3 heterocycles. The lowest BCUT2D eigenvalue weighted by Gasteiger charge is -2.23. The van der Waals surface area contributed by atoms with Gasteiger partial charge in [0.25, 0.3) is 0 Å². The fraction of sp³-hybridized carbons (Fsp3) is 0.333. The van der Waals surface area contributed by atoms with Crippen LogP contribution < -0.4 is 5.32 Å². The molecule has 3 aromatic rings. The van der Waals surface area contributed by atoms with Crippen molar-refractivity contribution in [3.8, 4) is 0 Å². The number of halogens is 1. The van der Waals surface area contributed by atoms with Gasteiger partial charge in [0.05, 0.1) is 16.6 Å². The maximum absolute atomic E-state index is 11.2. The van der Waals surface area contributed by atoms with Gasteiger partial charge in [-0.25, -0.2) is 9.67 Å². The molecule has 140 valence electrons. The van der Waals surface area contributed by atoms with Crippen molar-refractivity contribution in [1.82, 2.24) is 14.8 Å². The second kappa shape index (κ2) is 7.50. The average Bonchev–Trinajstić information content (AvgIpc) is 3.11. The van der Waals surface area contributed by atoms with Crippen LogP contribution in [0.4, 0.5) is 11.4 Å². The summed E-state index contributed by atoms with van der Waals surface area (Å²) >= 11 is 5.89. The molecule has 9 heteroatoms. The minimum absolute atomic E-state index is 0.0421. The van der Waals surface area contributed by atoms with Crippen molar-refractivity contribution in [2.75, 3.05) is 11.9 Å². The molecule has 0 amide bonds. The van der Waals surface area contributed by atoms with Gasteiger partial charge >= 0.3 is 5.69 Å². The summed E-state index contributed by atoms with van der Waals surface area (Å²) in [7, 11) is 0. The summed E-state index contributed by atoms with van der Waals surface area (Å²) in [5, 5.41) is 20.0. The number of hydrogen-bond donors (Lipinski definition) is 1. The maximum Gasteiger partial charge on any atom is 0.310 e. The largest absolute Gasteiger partial charge is 0.375 e. The van der Waals surface area contributed by atoms with Crippen molar-refractivity contribution in [2.24, 2.45) is 0 Å². The Morgan fingerprint density at radius 1 is 1.37 bits per heavy atom. The van der Waals surface area contributed by atoms with Crippen LogP contribution in [0.3, 0.4) is 0 Å². The van der Waals surface area contributed by atoms with Gasteiger partial charge in [0.2, 0.25) is 0 Å². The fourth-order valence-corrected chi connectivity index (χ4v) is 3.49. The van der Waals surface area contributed by atoms with Crippen LogP contribution in [-0.4, -0.2) is 26.3 Å². The first-order chi connectivity index (χ1) is 13.1. The summed E-state index contributed by atoms with van der Waals surface area (Å²) in [6.45, 7) is 1.15. The SMILES string of the molecule is O=[N+]([O-])c1cnc(Cl)cc1NCc1cccc2c1cnn2C1CCCCO1. The normalized spacial score (nSPS) is 17.1. The first kappa shape index (κ1) is 17.7. The first-order valence-corrected chi connectivity index (χ1v) is 9.12. The molecule has 0 radical (unpaired) electrons. The molecular formula is C18H18ClN5O3. The average molecular weight is 388 g/mol. The highest BCUT2D eigenvalue weighted by Crippen LogP contribution is 2.29. The number of hydrogen-bond acceptors (Lipinski definition) is 6. The molecule has 8 nitrogen and oxygen atoms in total. The molecule has 0 aliphatic carbocycles. The van der Waals surface area contributed by atoms with Crippen molar-refractivity contribution in [1.29, 1.82) is 0 Å². The van der Waals surface area contributed by atoms with E-state index >= 15 is 0 Å². The highest BCUT2D eigenvalue weighted by atomic mass is 35.5. The lowest BCUT2D eigenvalue weighted by atomic mass is 10.1. The minimum atomic E-state index is -0.481. The summed E-state index contributed by atoms with van der Waals surface area (Å²) in [6, 6.07) is 7.39. The van der Waals surface area contributed by atoms with Crippen molar-refractivity contribution < 1.29 is 9.66 Å². The molecule has 1 N–H and O–H groups in total. The standard InChI is InChI=1S/C18H18ClN5O3/c19-17-8-14(16(11-21-17)24(25)26)20-9-12-4-3-5-15-13(12)10-22-23(15)18-6-1-2-7-27-18/h3-5,8,10-11,18H,1-2,6-7,9H2,(H,20,21). The van der Waals surface area contributed by atoms with Gasteiger partial charge in [-0.2, -0.15) is 5.10 Å². The molecule has 0 saturated carbocycles. The predicted molar refractivity (Wildman–Crippen MR) is 102 cm³/mol. The summed E-state index contributed by atoms with van der Waals surface area (Å²) in [6.07, 6.45) is 6.08. The Hall–Kier alpha value is -2.71. The molecule has 1 unspecified atom stereocenters. The molecule has 1 atom stereocenters. The van der Waals surface area contributed by atoms with Crippen molar-refractivity contribution >= 4 is 33.9 Å². The number of benzene rings is 1. The monoisotopic (exact) mass is 387 g/mol. The van der Waals surface area contributed by atoms with Gasteiger partial charge in [0.15, 0.2) is 6.23 Å². The van der Waals surface area contributed by atoms with Gasteiger partial charge in [-0.1, -0.05) is 23.7 Å². The van der Waals surface area contributed by atoms with E-state index in [0.717, 1.165) is 48.5 Å². The predicted octanol–water partition coefficient (Wildman–Crippen LogP) is 4.30. The Kier molecular flexibility index (Phi) is 4.91. The summed E-state index contributed by atoms with van der Waals surface area (Å²) in [4.78, 5) is 14.5. The number of pyridine rings is 1. The third-order valence-corrected chi connectivity index (χ3v) is 4.88. The fourth-order valence-electron chi connectivity index (χ4n) is 3.33. The lowest BCUT2D eigenvalue weighted by molar-refractivity contribution is -0.384. The van der Waals surface area contributed by atoms with Crippen molar-refractivity contribution in [3.63, 3.8) is 0 Å². The van der Waals surface area contributed by atoms with E-state index in [1.165, 1.54) is 6.07 Å². The van der Waals surface area contributed by atoms with Gasteiger partial charge in [0, 0.05) is 24.6 Å². The quantitative estimate of drug-likeness (QED) is 0.398. The zero-order chi connectivity index (χ0) is 18.8. The van der Waals surface area contributed by atoms with Crippen LogP contribution in [0.25, 0.3) is 10.9 Å². The van der Waals surface area contributed by atoms with Crippen LogP contribution in [0.1, 0.15) is 31.1 Å². The molecule has 1 saturated heterocycles. The molecular weight excluding hydrogens is 370 g/mol. The molecule has 27 heavy (non-hydrogen) atoms. The lowest BCUT2D eigenvalue weighted by Crippen LogP contribution is -2.18. The number of ether oxygens (including phenoxy) is 1. The van der Waals surface area contributed by atoms with Crippen LogP contribution >= 0.6 is 11.6 Å². The van der Waals surface area contributed by atoms with Gasteiger partial charge in [-0.05, 0) is 30.9 Å². The Morgan fingerprint density at radius 3 is 3.04 bits per heavy atom. The van der Waals surface area contributed by atoms with Gasteiger partial charge in [-0.15, -0.1) is 0 Å². The minimum Gasteiger partial charge on any atom is -0.375 e. The van der Waals surface area contributed by atoms with Gasteiger partial charge in [-0.3, -0.25) is 10.1 Å². The Labute approximate surface area is 160 Å². The molecule has 2 aromatic heterocycles. The molecule has 4 rings (SSSR count). The van der Waals surface area contributed by atoms with Crippen LogP contribution in [0.15, 0.2) is 36.7 Å². The van der Waals surface area contributed by atoms with E-state index in [1.54, 1.807) is 0 Å². The topological polar surface area (TPSA) is 95.1 Å². The highest BCUT2D eigenvalue weighted by Gasteiger charge is 2.20. The maximum atomic E-state index is 11.2. The van der Waals surface area contributed by atoms with Gasteiger partial charge < -0.3 is 10.1 Å². The molecule has 0 bridgehead atoms. The van der Waals surface area contributed by atoms with E-state index < -0.39 is 4.92 Å². The highest BCUT2D eigenvalue weighted by molar-refractivity contribution is 6.29. The molecule has 0 spiro atoms. The number of anilines is 1. The van der Waals surface area contributed by atoms with Crippen LogP contribution in [0.5, 0.6) is 0 Å². The van der Waals surface area contributed by atoms with Crippen LogP contribution in [0, 0.1) is 10.1 Å². The molecule has 1 aliphatic rings. The second-order valence-corrected chi connectivity index (χ2v) is 6.78. The van der Waals surface area contributed by atoms with E-state index in [0.29, 0.717) is 12.2 Å². The van der Waals surface area contributed by atoms with E-state index in [9.17, 15) is 10.1 Å². The summed E-state index contributed by atoms with van der Waals surface area (Å²) < 4.78 is 7.76. The second-order valence-electron chi connectivity index (χ2n) is 6.40. The van der Waals surface area contributed by atoms with Crippen molar-refractivity contribution in [2.45, 2.75) is 32.0 Å². The molecule has 1 fully saturated rings. The van der Waals surface area contributed by atoms with E-state index in [2.05, 4.69) is 15.4 Å². The Bertz CT molecular complexity index is 984.